The van der Waals surface area contributed by atoms with Gasteiger partial charge in [-0.3, -0.25) is 9.59 Å². The van der Waals surface area contributed by atoms with Crippen molar-refractivity contribution in [2.75, 3.05) is 6.54 Å². The van der Waals surface area contributed by atoms with E-state index in [1.807, 2.05) is 29.0 Å². The molecule has 6 rings (SSSR count). The lowest BCUT2D eigenvalue weighted by molar-refractivity contribution is -0.119. The number of nitrogens with zero attached hydrogens (tertiary/aromatic N) is 2. The molecule has 0 saturated heterocycles. The molecule has 1 N–H and O–H groups in total. The fourth-order valence-corrected chi connectivity index (χ4v) is 4.63. The molecule has 0 spiro atoms. The SMILES string of the molecule is O=C1CC(=O)C(c2cn3c4c(cc(F)cc24)CNCC3)=C1c1noc2ccccc12. The predicted octanol–water partition coefficient (Wildman–Crippen LogP) is 3.48. The van der Waals surface area contributed by atoms with Gasteiger partial charge in [-0.05, 0) is 29.8 Å². The van der Waals surface area contributed by atoms with E-state index in [2.05, 4.69) is 10.5 Å². The first-order chi connectivity index (χ1) is 14.6. The minimum Gasteiger partial charge on any atom is -0.356 e. The van der Waals surface area contributed by atoms with Gasteiger partial charge in [0.05, 0.1) is 17.5 Å². The quantitative estimate of drug-likeness (QED) is 0.521. The number of fused-ring (bicyclic) bond motifs is 1. The van der Waals surface area contributed by atoms with Gasteiger partial charge >= 0.3 is 0 Å². The topological polar surface area (TPSA) is 77.1 Å². The molecule has 30 heavy (non-hydrogen) atoms. The van der Waals surface area contributed by atoms with Crippen molar-refractivity contribution in [3.8, 4) is 0 Å². The van der Waals surface area contributed by atoms with Crippen LogP contribution in [0.25, 0.3) is 33.0 Å². The fourth-order valence-electron chi connectivity index (χ4n) is 4.63. The van der Waals surface area contributed by atoms with Gasteiger partial charge in [-0.2, -0.15) is 0 Å². The van der Waals surface area contributed by atoms with Crippen LogP contribution in [-0.2, 0) is 22.7 Å². The van der Waals surface area contributed by atoms with Gasteiger partial charge in [-0.25, -0.2) is 4.39 Å². The summed E-state index contributed by atoms with van der Waals surface area (Å²) in [5, 5.41) is 8.70. The number of carbonyl (C=O) groups excluding carboxylic acids is 2. The zero-order valence-corrected chi connectivity index (χ0v) is 15.9. The maximum atomic E-state index is 14.4. The summed E-state index contributed by atoms with van der Waals surface area (Å²) < 4.78 is 21.9. The Labute approximate surface area is 169 Å². The number of hydrogen-bond donors (Lipinski definition) is 1. The molecule has 148 valence electrons. The van der Waals surface area contributed by atoms with Crippen LogP contribution in [-0.4, -0.2) is 27.8 Å². The Hall–Kier alpha value is -3.58. The maximum Gasteiger partial charge on any atom is 0.173 e. The molecule has 0 unspecified atom stereocenters. The van der Waals surface area contributed by atoms with E-state index in [1.54, 1.807) is 6.07 Å². The van der Waals surface area contributed by atoms with Gasteiger partial charge in [0.2, 0.25) is 0 Å². The lowest BCUT2D eigenvalue weighted by atomic mass is 9.96. The average molecular weight is 401 g/mol. The van der Waals surface area contributed by atoms with Gasteiger partial charge < -0.3 is 14.4 Å². The number of halogens is 1. The van der Waals surface area contributed by atoms with Crippen LogP contribution in [0, 0.1) is 5.82 Å². The minimum absolute atomic E-state index is 0.220. The first kappa shape index (κ1) is 17.3. The van der Waals surface area contributed by atoms with Crippen molar-refractivity contribution >= 4 is 44.6 Å². The largest absolute Gasteiger partial charge is 0.356 e. The van der Waals surface area contributed by atoms with Gasteiger partial charge in [0.25, 0.3) is 0 Å². The molecule has 0 fully saturated rings. The highest BCUT2D eigenvalue weighted by atomic mass is 19.1. The monoisotopic (exact) mass is 401 g/mol. The van der Waals surface area contributed by atoms with Gasteiger partial charge in [0.15, 0.2) is 17.1 Å². The van der Waals surface area contributed by atoms with Crippen molar-refractivity contribution in [2.45, 2.75) is 19.5 Å². The minimum atomic E-state index is -0.369. The van der Waals surface area contributed by atoms with E-state index in [0.717, 1.165) is 17.6 Å². The van der Waals surface area contributed by atoms with Crippen LogP contribution in [0.5, 0.6) is 0 Å². The zero-order valence-electron chi connectivity index (χ0n) is 15.9. The zero-order chi connectivity index (χ0) is 20.4. The smallest absolute Gasteiger partial charge is 0.173 e. The molecule has 1 aliphatic carbocycles. The summed E-state index contributed by atoms with van der Waals surface area (Å²) in [4.78, 5) is 25.8. The van der Waals surface area contributed by atoms with Gasteiger partial charge in [-0.1, -0.05) is 17.3 Å². The second-order valence-corrected chi connectivity index (χ2v) is 7.67. The van der Waals surface area contributed by atoms with Crippen LogP contribution < -0.4 is 5.32 Å². The first-order valence-electron chi connectivity index (χ1n) is 9.79. The van der Waals surface area contributed by atoms with Crippen molar-refractivity contribution in [3.05, 3.63) is 65.2 Å². The Balaban J connectivity index is 1.69. The number of benzene rings is 2. The lowest BCUT2D eigenvalue weighted by Gasteiger charge is -2.06. The van der Waals surface area contributed by atoms with Crippen molar-refractivity contribution < 1.29 is 18.5 Å². The highest BCUT2D eigenvalue weighted by molar-refractivity contribution is 6.52. The average Bonchev–Trinajstić information content (AvgIpc) is 3.33. The summed E-state index contributed by atoms with van der Waals surface area (Å²) in [5.74, 6) is -0.937. The fraction of sp³-hybridized carbons (Fsp3) is 0.174. The molecular formula is C23H16FN3O3. The van der Waals surface area contributed by atoms with E-state index in [-0.39, 0.29) is 29.4 Å². The number of allylic oxidation sites excluding steroid dienone is 2. The molecule has 2 aromatic carbocycles. The van der Waals surface area contributed by atoms with Crippen LogP contribution in [0.4, 0.5) is 4.39 Å². The van der Waals surface area contributed by atoms with E-state index in [4.69, 9.17) is 4.52 Å². The number of carbonyl (C=O) groups is 2. The summed E-state index contributed by atoms with van der Waals surface area (Å²) in [6.45, 7) is 1.96. The molecule has 1 aliphatic heterocycles. The van der Waals surface area contributed by atoms with Crippen LogP contribution in [0.15, 0.2) is 47.1 Å². The van der Waals surface area contributed by atoms with Crippen LogP contribution in [0.1, 0.15) is 23.2 Å². The van der Waals surface area contributed by atoms with Crippen molar-refractivity contribution in [2.24, 2.45) is 0 Å². The number of para-hydroxylation sites is 1. The number of Topliss-reactive ketones (excluding diaryl/α,β-unsaturated/α-hetero) is 2. The number of rotatable bonds is 2. The Morgan fingerprint density at radius 3 is 2.80 bits per heavy atom. The normalized spacial score (nSPS) is 16.8. The van der Waals surface area contributed by atoms with Gasteiger partial charge in [0, 0.05) is 47.7 Å². The summed E-state index contributed by atoms with van der Waals surface area (Å²) in [6, 6.07) is 10.2. The molecule has 0 atom stereocenters. The van der Waals surface area contributed by atoms with Crippen LogP contribution in [0.3, 0.4) is 0 Å². The van der Waals surface area contributed by atoms with Gasteiger partial charge in [-0.15, -0.1) is 0 Å². The second kappa shape index (κ2) is 6.21. The number of aromatic nitrogens is 2. The standard InChI is InChI=1S/C23H16FN3O3/c24-13-7-12-10-25-5-6-27-11-16(15(8-13)23(12)27)20-17(28)9-18(29)21(20)22-14-3-1-2-4-19(14)30-26-22/h1-4,7-8,11,25H,5-6,9-10H2. The first-order valence-corrected chi connectivity index (χ1v) is 9.79. The highest BCUT2D eigenvalue weighted by Gasteiger charge is 2.36. The second-order valence-electron chi connectivity index (χ2n) is 7.67. The molecule has 2 aliphatic rings. The molecule has 3 heterocycles. The van der Waals surface area contributed by atoms with Crippen LogP contribution >= 0.6 is 0 Å². The molecule has 0 saturated carbocycles. The van der Waals surface area contributed by atoms with E-state index in [9.17, 15) is 14.0 Å². The third kappa shape index (κ3) is 2.35. The Kier molecular flexibility index (Phi) is 3.58. The number of nitrogens with one attached hydrogen (secondary N) is 1. The van der Waals surface area contributed by atoms with Crippen molar-refractivity contribution in [1.82, 2.24) is 15.0 Å². The summed E-state index contributed by atoms with van der Waals surface area (Å²) in [7, 11) is 0. The predicted molar refractivity (Wildman–Crippen MR) is 109 cm³/mol. The van der Waals surface area contributed by atoms with E-state index < -0.39 is 0 Å². The summed E-state index contributed by atoms with van der Waals surface area (Å²) in [6.07, 6.45) is 1.64. The highest BCUT2D eigenvalue weighted by Crippen LogP contribution is 2.41. The van der Waals surface area contributed by atoms with E-state index in [0.29, 0.717) is 46.3 Å². The molecular weight excluding hydrogens is 385 g/mol. The number of hydrogen-bond acceptors (Lipinski definition) is 5. The lowest BCUT2D eigenvalue weighted by Crippen LogP contribution is -2.15. The van der Waals surface area contributed by atoms with Gasteiger partial charge in [0.1, 0.15) is 11.5 Å². The molecule has 0 bridgehead atoms. The molecule has 7 heteroatoms. The molecule has 0 radical (unpaired) electrons. The molecule has 2 aromatic heterocycles. The molecule has 6 nitrogen and oxygen atoms in total. The van der Waals surface area contributed by atoms with Crippen molar-refractivity contribution in [1.29, 1.82) is 0 Å². The molecule has 4 aromatic rings. The number of ketones is 2. The van der Waals surface area contributed by atoms with E-state index in [1.165, 1.54) is 12.1 Å². The Morgan fingerprint density at radius 1 is 1.07 bits per heavy atom. The van der Waals surface area contributed by atoms with Crippen LogP contribution in [0.2, 0.25) is 0 Å². The Bertz CT molecular complexity index is 1430. The Morgan fingerprint density at radius 2 is 1.90 bits per heavy atom. The molecule has 0 amide bonds. The maximum absolute atomic E-state index is 14.4. The van der Waals surface area contributed by atoms with E-state index >= 15 is 0 Å². The third-order valence-corrected chi connectivity index (χ3v) is 5.87. The third-order valence-electron chi connectivity index (χ3n) is 5.87. The van der Waals surface area contributed by atoms with Crippen molar-refractivity contribution in [3.63, 3.8) is 0 Å². The summed E-state index contributed by atoms with van der Waals surface area (Å²) in [5.41, 5.74) is 3.76. The summed E-state index contributed by atoms with van der Waals surface area (Å²) >= 11 is 0.